The van der Waals surface area contributed by atoms with E-state index in [1.165, 1.54) is 57.8 Å². The molecule has 340 valence electrons. The minimum atomic E-state index is -4.87. The van der Waals surface area contributed by atoms with Gasteiger partial charge < -0.3 is 34.0 Å². The standard InChI is InChI=1S/C42H78O14P2/c1-3-5-7-9-11-12-13-14-15-16-17-18-19-23-28-32-42(45)55-38(36-54-58(49,50)53-34-37(43)33-52-57(46,47)48)35-51-41(44)31-27-24-20-22-26-30-40-39(56-40)29-25-21-10-8-6-4-2/h14-15,21,25,37-40,43H,3-13,16-20,22-24,26-36H2,1-2H3,(H,49,50)(H2,46,47,48)/b15-14-,25-21-/t37-,38+,39?,40?/m0/s1. The summed E-state index contributed by atoms with van der Waals surface area (Å²) in [5.41, 5.74) is 0. The topological polar surface area (TPSA) is 208 Å². The smallest absolute Gasteiger partial charge is 0.462 e. The Morgan fingerprint density at radius 2 is 1.07 bits per heavy atom. The number of unbranched alkanes of at least 4 members (excludes halogenated alkanes) is 18. The lowest BCUT2D eigenvalue weighted by Crippen LogP contribution is -2.30. The largest absolute Gasteiger partial charge is 0.472 e. The summed E-state index contributed by atoms with van der Waals surface area (Å²) in [5, 5.41) is 9.75. The van der Waals surface area contributed by atoms with Gasteiger partial charge in [-0.1, -0.05) is 128 Å². The van der Waals surface area contributed by atoms with E-state index in [-0.39, 0.29) is 12.8 Å². The van der Waals surface area contributed by atoms with E-state index < -0.39 is 66.2 Å². The molecule has 58 heavy (non-hydrogen) atoms. The molecule has 1 saturated heterocycles. The van der Waals surface area contributed by atoms with Crippen molar-refractivity contribution in [3.8, 4) is 0 Å². The number of phosphoric acid groups is 2. The second-order valence-electron chi connectivity index (χ2n) is 15.4. The van der Waals surface area contributed by atoms with Crippen molar-refractivity contribution in [2.75, 3.05) is 26.4 Å². The molecule has 0 aliphatic carbocycles. The van der Waals surface area contributed by atoms with E-state index in [1.807, 2.05) is 0 Å². The van der Waals surface area contributed by atoms with Crippen LogP contribution in [0.3, 0.4) is 0 Å². The third kappa shape index (κ3) is 35.3. The van der Waals surface area contributed by atoms with Crippen molar-refractivity contribution in [3.05, 3.63) is 24.3 Å². The molecule has 0 aromatic rings. The van der Waals surface area contributed by atoms with Crippen molar-refractivity contribution in [2.24, 2.45) is 0 Å². The Labute approximate surface area is 349 Å². The number of esters is 2. The number of aliphatic hydroxyl groups excluding tert-OH is 1. The van der Waals surface area contributed by atoms with E-state index in [0.29, 0.717) is 25.0 Å². The molecule has 0 aromatic heterocycles. The highest BCUT2D eigenvalue weighted by Gasteiger charge is 2.36. The molecule has 3 unspecified atom stereocenters. The number of aliphatic hydroxyl groups is 1. The highest BCUT2D eigenvalue weighted by molar-refractivity contribution is 7.47. The fourth-order valence-electron chi connectivity index (χ4n) is 6.23. The summed E-state index contributed by atoms with van der Waals surface area (Å²) >= 11 is 0. The molecule has 5 atom stereocenters. The van der Waals surface area contributed by atoms with Gasteiger partial charge in [-0.3, -0.25) is 23.2 Å². The Morgan fingerprint density at radius 1 is 0.586 bits per heavy atom. The van der Waals surface area contributed by atoms with E-state index in [9.17, 15) is 28.7 Å². The van der Waals surface area contributed by atoms with Crippen molar-refractivity contribution in [1.29, 1.82) is 0 Å². The molecular weight excluding hydrogens is 790 g/mol. The summed E-state index contributed by atoms with van der Waals surface area (Å²) in [5.74, 6) is -1.06. The van der Waals surface area contributed by atoms with Gasteiger partial charge in [-0.15, -0.1) is 0 Å². The van der Waals surface area contributed by atoms with Crippen LogP contribution < -0.4 is 0 Å². The first-order valence-corrected chi connectivity index (χ1v) is 25.2. The van der Waals surface area contributed by atoms with Crippen molar-refractivity contribution >= 4 is 27.6 Å². The Bertz CT molecular complexity index is 1190. The van der Waals surface area contributed by atoms with E-state index in [4.69, 9.17) is 28.5 Å². The van der Waals surface area contributed by atoms with Crippen LogP contribution in [0.4, 0.5) is 0 Å². The van der Waals surface area contributed by atoms with Crippen LogP contribution in [0.15, 0.2) is 24.3 Å². The SMILES string of the molecule is CCCCC/C=C\CC1OC1CCCCCCCC(=O)OC[C@H](COP(=O)(O)OC[C@@H](O)COP(=O)(O)O)OC(=O)CCCCCCC/C=C\CCCCCCCC. The summed E-state index contributed by atoms with van der Waals surface area (Å²) in [6.07, 6.45) is 33.3. The van der Waals surface area contributed by atoms with Crippen LogP contribution in [0.1, 0.15) is 181 Å². The number of allylic oxidation sites excluding steroid dienone is 3. The van der Waals surface area contributed by atoms with E-state index in [0.717, 1.165) is 83.5 Å². The van der Waals surface area contributed by atoms with E-state index in [2.05, 4.69) is 47.2 Å². The first-order chi connectivity index (χ1) is 27.8. The Hall–Kier alpha value is -1.44. The molecule has 0 saturated carbocycles. The van der Waals surface area contributed by atoms with Gasteiger partial charge in [0.25, 0.3) is 0 Å². The molecule has 0 spiro atoms. The molecule has 0 bridgehead atoms. The van der Waals surface area contributed by atoms with Crippen LogP contribution >= 0.6 is 15.6 Å². The van der Waals surface area contributed by atoms with Crippen LogP contribution in [0, 0.1) is 0 Å². The minimum Gasteiger partial charge on any atom is -0.462 e. The van der Waals surface area contributed by atoms with Gasteiger partial charge in [0.15, 0.2) is 6.10 Å². The number of carbonyl (C=O) groups is 2. The lowest BCUT2D eigenvalue weighted by molar-refractivity contribution is -0.161. The fraction of sp³-hybridized carbons (Fsp3) is 0.857. The molecule has 0 radical (unpaired) electrons. The fourth-order valence-corrected chi connectivity index (χ4v) is 7.39. The predicted molar refractivity (Wildman–Crippen MR) is 225 cm³/mol. The maximum Gasteiger partial charge on any atom is 0.472 e. The third-order valence-corrected chi connectivity index (χ3v) is 11.2. The van der Waals surface area contributed by atoms with Gasteiger partial charge in [0, 0.05) is 12.8 Å². The number of rotatable bonds is 41. The third-order valence-electron chi connectivity index (χ3n) is 9.73. The van der Waals surface area contributed by atoms with Gasteiger partial charge in [0.05, 0.1) is 32.0 Å². The first kappa shape index (κ1) is 54.6. The molecule has 1 rings (SSSR count). The van der Waals surface area contributed by atoms with E-state index in [1.54, 1.807) is 0 Å². The summed E-state index contributed by atoms with van der Waals surface area (Å²) in [6.45, 7) is 1.70. The number of carbonyl (C=O) groups excluding carboxylic acids is 2. The normalized spacial score (nSPS) is 17.8. The summed E-state index contributed by atoms with van der Waals surface area (Å²) < 4.78 is 53.6. The lowest BCUT2D eigenvalue weighted by Gasteiger charge is -2.20. The molecule has 1 fully saturated rings. The Balaban J connectivity index is 2.36. The molecule has 0 aromatic carbocycles. The van der Waals surface area contributed by atoms with Crippen LogP contribution in [-0.2, 0) is 46.5 Å². The number of epoxide rings is 1. The van der Waals surface area contributed by atoms with Crippen molar-refractivity contribution in [3.63, 3.8) is 0 Å². The predicted octanol–water partition coefficient (Wildman–Crippen LogP) is 10.1. The summed E-state index contributed by atoms with van der Waals surface area (Å²) in [7, 11) is -9.68. The first-order valence-electron chi connectivity index (χ1n) is 22.2. The zero-order valence-corrected chi connectivity index (χ0v) is 37.4. The summed E-state index contributed by atoms with van der Waals surface area (Å²) in [6, 6.07) is 0. The van der Waals surface area contributed by atoms with Gasteiger partial charge in [-0.2, -0.15) is 0 Å². The zero-order chi connectivity index (χ0) is 42.7. The molecule has 1 heterocycles. The molecule has 0 amide bonds. The van der Waals surface area contributed by atoms with Gasteiger partial charge in [0.2, 0.25) is 0 Å². The average molecular weight is 869 g/mol. The number of hydrogen-bond donors (Lipinski definition) is 4. The molecule has 1 aliphatic rings. The van der Waals surface area contributed by atoms with Crippen molar-refractivity contribution in [1.82, 2.24) is 0 Å². The molecule has 4 N–H and O–H groups in total. The van der Waals surface area contributed by atoms with Gasteiger partial charge in [-0.05, 0) is 64.2 Å². The number of phosphoric ester groups is 2. The van der Waals surface area contributed by atoms with Crippen molar-refractivity contribution < 1.29 is 66.3 Å². The second kappa shape index (κ2) is 35.2. The second-order valence-corrected chi connectivity index (χ2v) is 18.0. The quantitative estimate of drug-likeness (QED) is 0.0148. The van der Waals surface area contributed by atoms with Crippen LogP contribution in [-0.4, -0.2) is 82.6 Å². The molecule has 16 heteroatoms. The molecule has 1 aliphatic heterocycles. The maximum absolute atomic E-state index is 12.7. The highest BCUT2D eigenvalue weighted by atomic mass is 31.2. The van der Waals surface area contributed by atoms with Crippen molar-refractivity contribution in [2.45, 2.75) is 205 Å². The van der Waals surface area contributed by atoms with Gasteiger partial charge in [0.1, 0.15) is 12.7 Å². The van der Waals surface area contributed by atoms with Crippen LogP contribution in [0.2, 0.25) is 0 Å². The Morgan fingerprint density at radius 3 is 1.69 bits per heavy atom. The lowest BCUT2D eigenvalue weighted by atomic mass is 10.1. The van der Waals surface area contributed by atoms with Gasteiger partial charge >= 0.3 is 27.6 Å². The number of hydrogen-bond acceptors (Lipinski definition) is 11. The van der Waals surface area contributed by atoms with E-state index >= 15 is 0 Å². The molecule has 14 nitrogen and oxygen atoms in total. The Kier molecular flexibility index (Phi) is 33.1. The zero-order valence-electron chi connectivity index (χ0n) is 35.6. The minimum absolute atomic E-state index is 0.116. The summed E-state index contributed by atoms with van der Waals surface area (Å²) in [4.78, 5) is 52.7. The monoisotopic (exact) mass is 868 g/mol. The highest BCUT2D eigenvalue weighted by Crippen LogP contribution is 2.44. The van der Waals surface area contributed by atoms with Gasteiger partial charge in [-0.25, -0.2) is 9.13 Å². The van der Waals surface area contributed by atoms with Crippen LogP contribution in [0.25, 0.3) is 0 Å². The number of ether oxygens (including phenoxy) is 3. The molecular formula is C42H78O14P2. The average Bonchev–Trinajstić information content (AvgIpc) is 3.94. The van der Waals surface area contributed by atoms with Crippen LogP contribution in [0.5, 0.6) is 0 Å². The maximum atomic E-state index is 12.7.